The number of amides is 1. The fourth-order valence-electron chi connectivity index (χ4n) is 4.66. The largest absolute Gasteiger partial charge is 0.443 e. The van der Waals surface area contributed by atoms with E-state index >= 15 is 0 Å². The average Bonchev–Trinajstić information content (AvgIpc) is 3.15. The summed E-state index contributed by atoms with van der Waals surface area (Å²) < 4.78 is 5.82. The molecule has 1 aliphatic heterocycles. The number of piperidine rings is 1. The van der Waals surface area contributed by atoms with Crippen molar-refractivity contribution >= 4 is 11.9 Å². The van der Waals surface area contributed by atoms with Gasteiger partial charge in [-0.2, -0.15) is 0 Å². The van der Waals surface area contributed by atoms with E-state index in [1.165, 1.54) is 18.4 Å². The SMILES string of the molecule is CC(C)N1CCCCC1c1cccnc1N(C(=O)OC(C)(C)C)C1CCCC1. The zero-order chi connectivity index (χ0) is 20.3. The summed E-state index contributed by atoms with van der Waals surface area (Å²) in [7, 11) is 0. The second kappa shape index (κ2) is 8.81. The summed E-state index contributed by atoms with van der Waals surface area (Å²) in [6.45, 7) is 11.4. The van der Waals surface area contributed by atoms with Gasteiger partial charge in [-0.3, -0.25) is 9.80 Å². The van der Waals surface area contributed by atoms with Crippen LogP contribution >= 0.6 is 0 Å². The summed E-state index contributed by atoms with van der Waals surface area (Å²) in [6, 6.07) is 5.14. The molecule has 2 heterocycles. The van der Waals surface area contributed by atoms with Crippen molar-refractivity contribution in [2.24, 2.45) is 0 Å². The fourth-order valence-corrected chi connectivity index (χ4v) is 4.66. The van der Waals surface area contributed by atoms with Crippen LogP contribution in [0.2, 0.25) is 0 Å². The van der Waals surface area contributed by atoms with Crippen molar-refractivity contribution in [1.29, 1.82) is 0 Å². The normalized spacial score (nSPS) is 21.9. The number of nitrogens with zero attached hydrogens (tertiary/aromatic N) is 3. The fraction of sp³-hybridized carbons (Fsp3) is 0.739. The molecule has 3 rings (SSSR count). The molecule has 1 unspecified atom stereocenters. The minimum absolute atomic E-state index is 0.180. The number of carbonyl (C=O) groups excluding carboxylic acids is 1. The molecule has 2 fully saturated rings. The first-order valence-electron chi connectivity index (χ1n) is 11.0. The molecule has 5 nitrogen and oxygen atoms in total. The van der Waals surface area contributed by atoms with Crippen LogP contribution in [0.15, 0.2) is 18.3 Å². The van der Waals surface area contributed by atoms with E-state index in [9.17, 15) is 4.79 Å². The molecular formula is C23H37N3O2. The minimum Gasteiger partial charge on any atom is -0.443 e. The lowest BCUT2D eigenvalue weighted by molar-refractivity contribution is 0.0562. The molecule has 1 saturated heterocycles. The van der Waals surface area contributed by atoms with E-state index in [-0.39, 0.29) is 12.1 Å². The Bertz CT molecular complexity index is 662. The molecule has 0 spiro atoms. The highest BCUT2D eigenvalue weighted by Gasteiger charge is 2.36. The number of likely N-dealkylation sites (tertiary alicyclic amines) is 1. The summed E-state index contributed by atoms with van der Waals surface area (Å²) in [4.78, 5) is 22.4. The van der Waals surface area contributed by atoms with Gasteiger partial charge in [0.05, 0.1) is 0 Å². The molecule has 2 aliphatic rings. The molecule has 0 N–H and O–H groups in total. The van der Waals surface area contributed by atoms with Gasteiger partial charge in [-0.15, -0.1) is 0 Å². The summed E-state index contributed by atoms with van der Waals surface area (Å²) in [5.41, 5.74) is 0.659. The number of pyridine rings is 1. The van der Waals surface area contributed by atoms with Crippen LogP contribution in [0, 0.1) is 0 Å². The van der Waals surface area contributed by atoms with Crippen LogP contribution < -0.4 is 4.90 Å². The van der Waals surface area contributed by atoms with E-state index < -0.39 is 5.60 Å². The summed E-state index contributed by atoms with van der Waals surface area (Å²) in [6.07, 6.45) is 9.49. The van der Waals surface area contributed by atoms with Gasteiger partial charge in [0.15, 0.2) is 0 Å². The second-order valence-corrected chi connectivity index (χ2v) is 9.55. The Hall–Kier alpha value is -1.62. The highest BCUT2D eigenvalue weighted by Crippen LogP contribution is 2.39. The van der Waals surface area contributed by atoms with Crippen molar-refractivity contribution in [3.05, 3.63) is 23.9 Å². The highest BCUT2D eigenvalue weighted by atomic mass is 16.6. The van der Waals surface area contributed by atoms with E-state index in [1.807, 2.05) is 37.9 Å². The monoisotopic (exact) mass is 387 g/mol. The predicted octanol–water partition coefficient (Wildman–Crippen LogP) is 5.70. The summed E-state index contributed by atoms with van der Waals surface area (Å²) >= 11 is 0. The van der Waals surface area contributed by atoms with Crippen LogP contribution in [0.1, 0.15) is 91.2 Å². The van der Waals surface area contributed by atoms with Gasteiger partial charge >= 0.3 is 6.09 Å². The van der Waals surface area contributed by atoms with E-state index in [0.29, 0.717) is 12.1 Å². The zero-order valence-electron chi connectivity index (χ0n) is 18.3. The van der Waals surface area contributed by atoms with Crippen molar-refractivity contribution in [2.75, 3.05) is 11.4 Å². The lowest BCUT2D eigenvalue weighted by Crippen LogP contribution is -2.45. The lowest BCUT2D eigenvalue weighted by Gasteiger charge is -2.41. The van der Waals surface area contributed by atoms with Gasteiger partial charge in [0.2, 0.25) is 0 Å². The third-order valence-electron chi connectivity index (χ3n) is 5.89. The lowest BCUT2D eigenvalue weighted by atomic mass is 9.93. The number of carbonyl (C=O) groups is 1. The Labute approximate surface area is 170 Å². The molecule has 28 heavy (non-hydrogen) atoms. The number of anilines is 1. The maximum absolute atomic E-state index is 13.2. The quantitative estimate of drug-likeness (QED) is 0.665. The maximum Gasteiger partial charge on any atom is 0.416 e. The molecule has 156 valence electrons. The number of ether oxygens (including phenoxy) is 1. The van der Waals surface area contributed by atoms with Crippen LogP contribution in [0.5, 0.6) is 0 Å². The number of aromatic nitrogens is 1. The molecule has 1 aromatic rings. The van der Waals surface area contributed by atoms with Crippen molar-refractivity contribution in [3.8, 4) is 0 Å². The first kappa shape index (κ1) is 21.1. The minimum atomic E-state index is -0.516. The standard InChI is InChI=1S/C23H37N3O2/c1-17(2)25-16-9-8-14-20(25)19-13-10-15-24-21(19)26(18-11-6-7-12-18)22(27)28-23(3,4)5/h10,13,15,17-18,20H,6-9,11-12,14,16H2,1-5H3. The van der Waals surface area contributed by atoms with Gasteiger partial charge in [0.1, 0.15) is 11.4 Å². The van der Waals surface area contributed by atoms with E-state index in [1.54, 1.807) is 0 Å². The maximum atomic E-state index is 13.2. The van der Waals surface area contributed by atoms with Gasteiger partial charge in [0, 0.05) is 29.9 Å². The molecule has 1 saturated carbocycles. The predicted molar refractivity (Wildman–Crippen MR) is 114 cm³/mol. The highest BCUT2D eigenvalue weighted by molar-refractivity contribution is 5.88. The third kappa shape index (κ3) is 4.86. The smallest absolute Gasteiger partial charge is 0.416 e. The molecule has 0 aromatic carbocycles. The van der Waals surface area contributed by atoms with Crippen LogP contribution in [0.25, 0.3) is 0 Å². The Morgan fingerprint density at radius 1 is 1.18 bits per heavy atom. The second-order valence-electron chi connectivity index (χ2n) is 9.55. The first-order valence-corrected chi connectivity index (χ1v) is 11.0. The first-order chi connectivity index (χ1) is 13.3. The third-order valence-corrected chi connectivity index (χ3v) is 5.89. The Kier molecular flexibility index (Phi) is 6.64. The Balaban J connectivity index is 1.99. The van der Waals surface area contributed by atoms with Gasteiger partial charge in [-0.25, -0.2) is 9.78 Å². The van der Waals surface area contributed by atoms with Gasteiger partial charge in [-0.1, -0.05) is 25.3 Å². The molecule has 0 radical (unpaired) electrons. The van der Waals surface area contributed by atoms with E-state index in [4.69, 9.17) is 9.72 Å². The summed E-state index contributed by atoms with van der Waals surface area (Å²) in [5.74, 6) is 0.807. The molecule has 5 heteroatoms. The van der Waals surface area contributed by atoms with Gasteiger partial charge in [0.25, 0.3) is 0 Å². The van der Waals surface area contributed by atoms with Crippen molar-refractivity contribution in [3.63, 3.8) is 0 Å². The Morgan fingerprint density at radius 2 is 1.86 bits per heavy atom. The number of hydrogen-bond acceptors (Lipinski definition) is 4. The van der Waals surface area contributed by atoms with Gasteiger partial charge in [-0.05, 0) is 72.9 Å². The van der Waals surface area contributed by atoms with E-state index in [2.05, 4.69) is 24.8 Å². The molecular weight excluding hydrogens is 350 g/mol. The number of rotatable bonds is 4. The van der Waals surface area contributed by atoms with Crippen molar-refractivity contribution < 1.29 is 9.53 Å². The van der Waals surface area contributed by atoms with Crippen LogP contribution in [0.4, 0.5) is 10.6 Å². The van der Waals surface area contributed by atoms with E-state index in [0.717, 1.165) is 44.5 Å². The average molecular weight is 388 g/mol. The van der Waals surface area contributed by atoms with Crippen LogP contribution in [0.3, 0.4) is 0 Å². The van der Waals surface area contributed by atoms with Gasteiger partial charge < -0.3 is 4.74 Å². The Morgan fingerprint density at radius 3 is 2.50 bits per heavy atom. The molecule has 1 amide bonds. The number of hydrogen-bond donors (Lipinski definition) is 0. The molecule has 1 aliphatic carbocycles. The topological polar surface area (TPSA) is 45.7 Å². The van der Waals surface area contributed by atoms with Crippen LogP contribution in [-0.2, 0) is 4.74 Å². The van der Waals surface area contributed by atoms with Crippen LogP contribution in [-0.4, -0.2) is 40.2 Å². The summed E-state index contributed by atoms with van der Waals surface area (Å²) in [5, 5.41) is 0. The molecule has 1 aromatic heterocycles. The molecule has 1 atom stereocenters. The van der Waals surface area contributed by atoms with Crippen molar-refractivity contribution in [1.82, 2.24) is 9.88 Å². The zero-order valence-corrected chi connectivity index (χ0v) is 18.3. The van der Waals surface area contributed by atoms with Crippen molar-refractivity contribution in [2.45, 2.75) is 103 Å². The molecule has 0 bridgehead atoms.